The van der Waals surface area contributed by atoms with Crippen LogP contribution in [-0.4, -0.2) is 24.9 Å². The maximum Gasteiger partial charge on any atom is 0.254 e. The Hall–Kier alpha value is -3.11. The summed E-state index contributed by atoms with van der Waals surface area (Å²) >= 11 is 6.05. The Kier molecular flexibility index (Phi) is 4.88. The lowest BCUT2D eigenvalue weighted by atomic mass is 10.00. The number of nitrogens with zero attached hydrogens (tertiary/aromatic N) is 1. The molecule has 28 heavy (non-hydrogen) atoms. The Bertz CT molecular complexity index is 1030. The van der Waals surface area contributed by atoms with Crippen molar-refractivity contribution in [3.05, 3.63) is 88.9 Å². The first kappa shape index (κ1) is 18.3. The molecular weight excluding hydrogens is 372 g/mol. The maximum atomic E-state index is 12.9. The van der Waals surface area contributed by atoms with Crippen LogP contribution in [0.1, 0.15) is 15.9 Å². The number of rotatable bonds is 3. The van der Waals surface area contributed by atoms with Gasteiger partial charge in [0, 0.05) is 18.5 Å². The Labute approximate surface area is 168 Å². The minimum Gasteiger partial charge on any atom is -0.340 e. The number of likely N-dealkylation sites (N-methyl/N-ethyl adjacent to an activating group) is 1. The zero-order valence-electron chi connectivity index (χ0n) is 15.4. The highest BCUT2D eigenvalue weighted by Crippen LogP contribution is 2.27. The van der Waals surface area contributed by atoms with Gasteiger partial charge in [0.1, 0.15) is 6.04 Å². The summed E-state index contributed by atoms with van der Waals surface area (Å²) in [5, 5.41) is 3.34. The van der Waals surface area contributed by atoms with Gasteiger partial charge in [0.15, 0.2) is 0 Å². The van der Waals surface area contributed by atoms with Gasteiger partial charge in [0.25, 0.3) is 5.91 Å². The molecule has 1 N–H and O–H groups in total. The quantitative estimate of drug-likeness (QED) is 0.723. The lowest BCUT2D eigenvalue weighted by molar-refractivity contribution is -0.120. The third-order valence-electron chi connectivity index (χ3n) is 5.00. The minimum absolute atomic E-state index is 0.165. The molecule has 0 saturated carbocycles. The lowest BCUT2D eigenvalue weighted by Crippen LogP contribution is -2.45. The highest BCUT2D eigenvalue weighted by atomic mass is 35.5. The highest BCUT2D eigenvalue weighted by Gasteiger charge is 2.31. The number of benzene rings is 3. The van der Waals surface area contributed by atoms with Crippen LogP contribution >= 0.6 is 11.6 Å². The molecule has 1 atom stereocenters. The molecule has 0 bridgehead atoms. The fourth-order valence-corrected chi connectivity index (χ4v) is 3.63. The van der Waals surface area contributed by atoms with Crippen molar-refractivity contribution >= 4 is 29.1 Å². The highest BCUT2D eigenvalue weighted by molar-refractivity contribution is 6.31. The molecule has 1 aliphatic rings. The molecule has 3 aromatic rings. The van der Waals surface area contributed by atoms with E-state index < -0.39 is 6.04 Å². The summed E-state index contributed by atoms with van der Waals surface area (Å²) in [4.78, 5) is 27.0. The van der Waals surface area contributed by atoms with Gasteiger partial charge >= 0.3 is 0 Å². The van der Waals surface area contributed by atoms with Crippen molar-refractivity contribution < 1.29 is 9.59 Å². The summed E-state index contributed by atoms with van der Waals surface area (Å²) in [7, 11) is 1.67. The van der Waals surface area contributed by atoms with Crippen molar-refractivity contribution in [2.45, 2.75) is 12.5 Å². The van der Waals surface area contributed by atoms with Crippen LogP contribution in [0.15, 0.2) is 72.8 Å². The van der Waals surface area contributed by atoms with Crippen LogP contribution < -0.4 is 10.2 Å². The molecule has 1 unspecified atom stereocenters. The van der Waals surface area contributed by atoms with Crippen LogP contribution in [0.5, 0.6) is 0 Å². The number of carbonyl (C=O) groups is 2. The number of hydrogen-bond donors (Lipinski definition) is 1. The zero-order valence-corrected chi connectivity index (χ0v) is 16.1. The largest absolute Gasteiger partial charge is 0.340 e. The summed E-state index contributed by atoms with van der Waals surface area (Å²) in [5.41, 5.74) is 4.20. The predicted molar refractivity (Wildman–Crippen MR) is 112 cm³/mol. The Morgan fingerprint density at radius 1 is 0.929 bits per heavy atom. The molecule has 0 saturated heterocycles. The standard InChI is InChI=1S/C23H19ClN2O2/c1-26-21-14-18(24)11-12-19(21)22(27)25-20(23(26)28)13-15-7-9-17(10-8-15)16-5-3-2-4-6-16/h2-12,14,20H,13H2,1H3,(H,25,27). The number of amides is 2. The van der Waals surface area contributed by atoms with E-state index in [-0.39, 0.29) is 11.8 Å². The topological polar surface area (TPSA) is 49.4 Å². The molecule has 4 nitrogen and oxygen atoms in total. The number of hydrogen-bond acceptors (Lipinski definition) is 2. The molecule has 1 aliphatic heterocycles. The van der Waals surface area contributed by atoms with E-state index in [1.54, 1.807) is 25.2 Å². The summed E-state index contributed by atoms with van der Waals surface area (Å²) in [6, 6.07) is 22.5. The third kappa shape index (κ3) is 3.51. The van der Waals surface area contributed by atoms with Crippen molar-refractivity contribution in [3.8, 4) is 11.1 Å². The van der Waals surface area contributed by atoms with E-state index in [4.69, 9.17) is 11.6 Å². The van der Waals surface area contributed by atoms with Gasteiger partial charge < -0.3 is 10.2 Å². The summed E-state index contributed by atoms with van der Waals surface area (Å²) in [6.07, 6.45) is 0.422. The lowest BCUT2D eigenvalue weighted by Gasteiger charge is -2.21. The molecule has 0 aliphatic carbocycles. The van der Waals surface area contributed by atoms with E-state index in [0.717, 1.165) is 16.7 Å². The number of anilines is 1. The van der Waals surface area contributed by atoms with Crippen molar-refractivity contribution in [1.82, 2.24) is 5.32 Å². The van der Waals surface area contributed by atoms with Crippen LogP contribution in [0.3, 0.4) is 0 Å². The average molecular weight is 391 g/mol. The fourth-order valence-electron chi connectivity index (χ4n) is 3.46. The maximum absolute atomic E-state index is 12.9. The number of fused-ring (bicyclic) bond motifs is 1. The second-order valence-electron chi connectivity index (χ2n) is 6.85. The summed E-state index contributed by atoms with van der Waals surface area (Å²) in [6.45, 7) is 0. The van der Waals surface area contributed by atoms with E-state index in [9.17, 15) is 9.59 Å². The Balaban J connectivity index is 1.57. The van der Waals surface area contributed by atoms with Crippen LogP contribution in [0, 0.1) is 0 Å². The van der Waals surface area contributed by atoms with Crippen molar-refractivity contribution in [3.63, 3.8) is 0 Å². The molecule has 1 heterocycles. The first-order chi connectivity index (χ1) is 13.5. The SMILES string of the molecule is CN1C(=O)C(Cc2ccc(-c3ccccc3)cc2)NC(=O)c2ccc(Cl)cc21. The molecule has 0 radical (unpaired) electrons. The monoisotopic (exact) mass is 390 g/mol. The predicted octanol–water partition coefficient (Wildman–Crippen LogP) is 4.32. The van der Waals surface area contributed by atoms with Gasteiger partial charge in [-0.2, -0.15) is 0 Å². The molecular formula is C23H19ClN2O2. The number of nitrogens with one attached hydrogen (secondary N) is 1. The third-order valence-corrected chi connectivity index (χ3v) is 5.24. The van der Waals surface area contributed by atoms with Crippen LogP contribution in [0.4, 0.5) is 5.69 Å². The second kappa shape index (κ2) is 7.49. The molecule has 4 rings (SSSR count). The van der Waals surface area contributed by atoms with Crippen LogP contribution in [-0.2, 0) is 11.2 Å². The van der Waals surface area contributed by atoms with Crippen molar-refractivity contribution in [2.75, 3.05) is 11.9 Å². The first-order valence-electron chi connectivity index (χ1n) is 9.05. The minimum atomic E-state index is -0.633. The molecule has 3 aromatic carbocycles. The van der Waals surface area contributed by atoms with E-state index in [1.165, 1.54) is 4.90 Å². The molecule has 140 valence electrons. The van der Waals surface area contributed by atoms with Gasteiger partial charge in [-0.25, -0.2) is 0 Å². The average Bonchev–Trinajstić information content (AvgIpc) is 2.80. The normalized spacial score (nSPS) is 16.4. The molecule has 2 amide bonds. The summed E-state index contributed by atoms with van der Waals surface area (Å²) in [5.74, 6) is -0.434. The van der Waals surface area contributed by atoms with Gasteiger partial charge in [-0.15, -0.1) is 0 Å². The molecule has 0 aromatic heterocycles. The molecule has 0 fully saturated rings. The smallest absolute Gasteiger partial charge is 0.254 e. The molecule has 5 heteroatoms. The van der Waals surface area contributed by atoms with E-state index in [0.29, 0.717) is 22.7 Å². The fraction of sp³-hybridized carbons (Fsp3) is 0.130. The van der Waals surface area contributed by atoms with Gasteiger partial charge in [0.2, 0.25) is 5.91 Å². The van der Waals surface area contributed by atoms with E-state index in [2.05, 4.69) is 17.4 Å². The van der Waals surface area contributed by atoms with Gasteiger partial charge in [-0.3, -0.25) is 9.59 Å². The Morgan fingerprint density at radius 3 is 2.32 bits per heavy atom. The summed E-state index contributed by atoms with van der Waals surface area (Å²) < 4.78 is 0. The molecule has 0 spiro atoms. The van der Waals surface area contributed by atoms with Crippen molar-refractivity contribution in [2.24, 2.45) is 0 Å². The first-order valence-corrected chi connectivity index (χ1v) is 9.43. The van der Waals surface area contributed by atoms with Crippen LogP contribution in [0.25, 0.3) is 11.1 Å². The Morgan fingerprint density at radius 2 is 1.61 bits per heavy atom. The van der Waals surface area contributed by atoms with Gasteiger partial charge in [-0.1, -0.05) is 66.2 Å². The van der Waals surface area contributed by atoms with E-state index in [1.807, 2.05) is 42.5 Å². The van der Waals surface area contributed by atoms with Gasteiger partial charge in [0.05, 0.1) is 11.3 Å². The zero-order chi connectivity index (χ0) is 19.7. The number of carbonyl (C=O) groups excluding carboxylic acids is 2. The van der Waals surface area contributed by atoms with E-state index >= 15 is 0 Å². The second-order valence-corrected chi connectivity index (χ2v) is 7.29. The van der Waals surface area contributed by atoms with Crippen molar-refractivity contribution in [1.29, 1.82) is 0 Å². The van der Waals surface area contributed by atoms with Crippen LogP contribution in [0.2, 0.25) is 5.02 Å². The number of halogens is 1. The van der Waals surface area contributed by atoms with Gasteiger partial charge in [-0.05, 0) is 34.9 Å².